The quantitative estimate of drug-likeness (QED) is 0.601. The number of carboxylic acid groups (broad SMARTS) is 1. The topological polar surface area (TPSA) is 116 Å². The number of fused-ring (bicyclic) bond motifs is 1. The summed E-state index contributed by atoms with van der Waals surface area (Å²) in [4.78, 5) is 36.9. The fourth-order valence-electron chi connectivity index (χ4n) is 3.43. The molecule has 2 amide bonds. The number of thioether (sulfide) groups is 1. The molecule has 0 aromatic rings. The zero-order valence-corrected chi connectivity index (χ0v) is 13.3. The van der Waals surface area contributed by atoms with E-state index in [0.29, 0.717) is 17.9 Å². The third-order valence-corrected chi connectivity index (χ3v) is 5.93. The van der Waals surface area contributed by atoms with E-state index in [-0.39, 0.29) is 47.9 Å². The molecule has 0 spiro atoms. The Balaban J connectivity index is 1.81. The number of amides is 2. The van der Waals surface area contributed by atoms with Crippen LogP contribution in [0, 0.1) is 11.8 Å². The average Bonchev–Trinajstić information content (AvgIpc) is 2.77. The minimum absolute atomic E-state index is 0.0311. The lowest BCUT2D eigenvalue weighted by Gasteiger charge is -2.45. The molecular formula is C14H18N2O6S. The van der Waals surface area contributed by atoms with E-state index in [0.717, 1.165) is 0 Å². The Bertz CT molecular complexity index is 582. The molecule has 4 atom stereocenters. The van der Waals surface area contributed by atoms with Crippen molar-refractivity contribution in [2.75, 3.05) is 19.8 Å². The van der Waals surface area contributed by atoms with Gasteiger partial charge in [0.05, 0.1) is 17.2 Å². The van der Waals surface area contributed by atoms with Gasteiger partial charge in [0, 0.05) is 24.0 Å². The molecule has 0 aliphatic carbocycles. The lowest BCUT2D eigenvalue weighted by atomic mass is 9.80. The first-order valence-corrected chi connectivity index (χ1v) is 8.32. The molecule has 0 aromatic carbocycles. The first-order valence-electron chi connectivity index (χ1n) is 7.44. The maximum Gasteiger partial charge on any atom is 0.407 e. The molecule has 23 heavy (non-hydrogen) atoms. The lowest BCUT2D eigenvalue weighted by Crippen LogP contribution is -2.60. The largest absolute Gasteiger partial charge is 0.477 e. The van der Waals surface area contributed by atoms with Crippen LogP contribution in [0.5, 0.6) is 0 Å². The average molecular weight is 342 g/mol. The van der Waals surface area contributed by atoms with E-state index in [4.69, 9.17) is 9.84 Å². The van der Waals surface area contributed by atoms with Crippen molar-refractivity contribution in [1.82, 2.24) is 10.2 Å². The summed E-state index contributed by atoms with van der Waals surface area (Å²) in [6.45, 7) is 2.40. The van der Waals surface area contributed by atoms with E-state index >= 15 is 0 Å². The van der Waals surface area contributed by atoms with E-state index in [2.05, 4.69) is 5.32 Å². The van der Waals surface area contributed by atoms with E-state index < -0.39 is 12.1 Å². The van der Waals surface area contributed by atoms with Gasteiger partial charge in [-0.25, -0.2) is 9.59 Å². The first-order chi connectivity index (χ1) is 11.0. The molecule has 0 radical (unpaired) electrons. The van der Waals surface area contributed by atoms with Gasteiger partial charge in [0.1, 0.15) is 12.3 Å². The number of carbonyl (C=O) groups is 3. The number of aliphatic carboxylic acids is 1. The molecule has 8 nitrogen and oxygen atoms in total. The van der Waals surface area contributed by atoms with Crippen LogP contribution in [0.1, 0.15) is 13.3 Å². The van der Waals surface area contributed by atoms with E-state index in [1.807, 2.05) is 6.92 Å². The second-order valence-electron chi connectivity index (χ2n) is 5.84. The third-order valence-electron chi connectivity index (χ3n) is 4.48. The van der Waals surface area contributed by atoms with Crippen LogP contribution >= 0.6 is 11.8 Å². The highest BCUT2D eigenvalue weighted by Gasteiger charge is 2.58. The Morgan fingerprint density at radius 1 is 1.48 bits per heavy atom. The number of hydrogen-bond acceptors (Lipinski definition) is 6. The molecule has 3 aliphatic heterocycles. The van der Waals surface area contributed by atoms with Crippen LogP contribution < -0.4 is 5.32 Å². The standard InChI is InChI=1S/C14H18N2O6S/c1-6-9-8(2-3-17)12(18)16(9)10(13(19)20)11(6)23-7-4-15-14(21)22-5-7/h6-9,17H,2-5H2,1H3,(H,15,21)(H,19,20)/t6-,7-,8+,9-/m1/s1. The summed E-state index contributed by atoms with van der Waals surface area (Å²) in [5.74, 6) is -1.81. The summed E-state index contributed by atoms with van der Waals surface area (Å²) in [6.07, 6.45) is -0.131. The zero-order chi connectivity index (χ0) is 16.7. The monoisotopic (exact) mass is 342 g/mol. The van der Waals surface area contributed by atoms with Gasteiger partial charge in [-0.3, -0.25) is 4.79 Å². The van der Waals surface area contributed by atoms with Crippen molar-refractivity contribution in [1.29, 1.82) is 0 Å². The van der Waals surface area contributed by atoms with Gasteiger partial charge < -0.3 is 25.2 Å². The minimum Gasteiger partial charge on any atom is -0.477 e. The Morgan fingerprint density at radius 3 is 2.78 bits per heavy atom. The van der Waals surface area contributed by atoms with Crippen molar-refractivity contribution in [2.45, 2.75) is 24.6 Å². The number of rotatable bonds is 5. The number of nitrogens with zero attached hydrogens (tertiary/aromatic N) is 1. The molecule has 3 N–H and O–H groups in total. The number of β-lactam (4-membered cyclic amide) rings is 1. The SMILES string of the molecule is C[C@H]1C(S[C@@H]2CNC(=O)OC2)=C(C(=O)O)N2C(=O)[C@@H](CCO)[C@@H]12. The van der Waals surface area contributed by atoms with Crippen molar-refractivity contribution in [3.8, 4) is 0 Å². The van der Waals surface area contributed by atoms with Gasteiger partial charge in [-0.1, -0.05) is 6.92 Å². The van der Waals surface area contributed by atoms with Gasteiger partial charge in [0.15, 0.2) is 0 Å². The van der Waals surface area contributed by atoms with Crippen molar-refractivity contribution < 1.29 is 29.3 Å². The number of aliphatic hydroxyl groups excluding tert-OH is 1. The van der Waals surface area contributed by atoms with Crippen LogP contribution in [0.25, 0.3) is 0 Å². The maximum atomic E-state index is 12.2. The second kappa shape index (κ2) is 6.04. The van der Waals surface area contributed by atoms with Gasteiger partial charge >= 0.3 is 12.1 Å². The van der Waals surface area contributed by atoms with Crippen molar-refractivity contribution in [2.24, 2.45) is 11.8 Å². The molecule has 0 saturated carbocycles. The number of carboxylic acids is 1. The predicted molar refractivity (Wildman–Crippen MR) is 80.4 cm³/mol. The number of nitrogens with one attached hydrogen (secondary N) is 1. The Labute approximate surface area is 136 Å². The second-order valence-corrected chi connectivity index (χ2v) is 7.19. The van der Waals surface area contributed by atoms with Crippen LogP contribution in [-0.2, 0) is 14.3 Å². The van der Waals surface area contributed by atoms with Gasteiger partial charge in [0.25, 0.3) is 0 Å². The normalized spacial score (nSPS) is 33.0. The molecular weight excluding hydrogens is 324 g/mol. The zero-order valence-electron chi connectivity index (χ0n) is 12.5. The summed E-state index contributed by atoms with van der Waals surface area (Å²) in [6, 6.07) is -0.206. The Kier molecular flexibility index (Phi) is 4.24. The smallest absolute Gasteiger partial charge is 0.407 e. The number of aliphatic hydroxyl groups is 1. The Hall–Kier alpha value is -1.74. The highest BCUT2D eigenvalue weighted by atomic mass is 32.2. The van der Waals surface area contributed by atoms with Crippen molar-refractivity contribution in [3.63, 3.8) is 0 Å². The third kappa shape index (κ3) is 2.57. The van der Waals surface area contributed by atoms with Crippen LogP contribution in [0.2, 0.25) is 0 Å². The molecule has 126 valence electrons. The highest BCUT2D eigenvalue weighted by molar-refractivity contribution is 8.03. The Morgan fingerprint density at radius 2 is 2.22 bits per heavy atom. The van der Waals surface area contributed by atoms with E-state index in [1.165, 1.54) is 16.7 Å². The summed E-state index contributed by atoms with van der Waals surface area (Å²) in [5, 5.41) is 21.1. The number of ether oxygens (including phenoxy) is 1. The fourth-order valence-corrected chi connectivity index (χ4v) is 4.74. The predicted octanol–water partition coefficient (Wildman–Crippen LogP) is -0.0167. The van der Waals surface area contributed by atoms with Crippen LogP contribution in [0.15, 0.2) is 10.6 Å². The van der Waals surface area contributed by atoms with Crippen LogP contribution in [0.3, 0.4) is 0 Å². The molecule has 9 heteroatoms. The van der Waals surface area contributed by atoms with Gasteiger partial charge in [0.2, 0.25) is 5.91 Å². The van der Waals surface area contributed by atoms with Crippen LogP contribution in [-0.4, -0.2) is 64.1 Å². The molecule has 0 bridgehead atoms. The molecule has 0 aromatic heterocycles. The summed E-state index contributed by atoms with van der Waals surface area (Å²) >= 11 is 1.35. The number of carbonyl (C=O) groups excluding carboxylic acids is 2. The molecule has 2 fully saturated rings. The highest BCUT2D eigenvalue weighted by Crippen LogP contribution is 2.51. The molecule has 3 rings (SSSR count). The van der Waals surface area contributed by atoms with E-state index in [1.54, 1.807) is 0 Å². The van der Waals surface area contributed by atoms with Gasteiger partial charge in [-0.15, -0.1) is 11.8 Å². The fraction of sp³-hybridized carbons (Fsp3) is 0.643. The molecule has 3 aliphatic rings. The lowest BCUT2D eigenvalue weighted by molar-refractivity contribution is -0.157. The summed E-state index contributed by atoms with van der Waals surface area (Å²) in [5.41, 5.74) is 0.0311. The maximum absolute atomic E-state index is 12.2. The van der Waals surface area contributed by atoms with Crippen molar-refractivity contribution in [3.05, 3.63) is 10.6 Å². The van der Waals surface area contributed by atoms with Gasteiger partial charge in [-0.2, -0.15) is 0 Å². The number of hydrogen-bond donors (Lipinski definition) is 3. The van der Waals surface area contributed by atoms with Crippen molar-refractivity contribution >= 4 is 29.7 Å². The molecule has 3 heterocycles. The first kappa shape index (κ1) is 16.1. The number of alkyl carbamates (subject to hydrolysis) is 1. The van der Waals surface area contributed by atoms with Crippen LogP contribution in [0.4, 0.5) is 4.79 Å². The van der Waals surface area contributed by atoms with E-state index in [9.17, 15) is 19.5 Å². The summed E-state index contributed by atoms with van der Waals surface area (Å²) < 4.78 is 4.93. The molecule has 0 unspecified atom stereocenters. The summed E-state index contributed by atoms with van der Waals surface area (Å²) in [7, 11) is 0. The minimum atomic E-state index is -1.13. The van der Waals surface area contributed by atoms with Gasteiger partial charge in [-0.05, 0) is 6.42 Å². The molecule has 2 saturated heterocycles. The number of cyclic esters (lactones) is 1.